The highest BCUT2D eigenvalue weighted by molar-refractivity contribution is 6.29. The molecule has 1 aromatic heterocycles. The highest BCUT2D eigenvalue weighted by Gasteiger charge is 2.16. The van der Waals surface area contributed by atoms with Crippen LogP contribution in [0.4, 0.5) is 0 Å². The molecule has 4 heteroatoms. The maximum Gasteiger partial charge on any atom is 0.147 e. The molecule has 1 aliphatic rings. The van der Waals surface area contributed by atoms with Gasteiger partial charge in [-0.25, -0.2) is 4.98 Å². The van der Waals surface area contributed by atoms with Gasteiger partial charge in [-0.3, -0.25) is 4.98 Å². The minimum absolute atomic E-state index is 0.496. The third kappa shape index (κ3) is 2.17. The fourth-order valence-electron chi connectivity index (χ4n) is 1.67. The van der Waals surface area contributed by atoms with Gasteiger partial charge in [-0.15, -0.1) is 0 Å². The van der Waals surface area contributed by atoms with Crippen LogP contribution >= 0.6 is 11.6 Å². The molecule has 0 amide bonds. The molecule has 0 atom stereocenters. The van der Waals surface area contributed by atoms with Gasteiger partial charge in [0.05, 0.1) is 11.9 Å². The molecule has 1 N–H and O–H groups in total. The van der Waals surface area contributed by atoms with Crippen LogP contribution in [0, 0.1) is 0 Å². The summed E-state index contributed by atoms with van der Waals surface area (Å²) in [6.45, 7) is 2.14. The number of hydrogen-bond donors (Lipinski definition) is 1. The molecule has 70 valence electrons. The standard InChI is InChI=1S/C9H12ClN3/c10-9-6-12-5-8(13-9)7-1-3-11-4-2-7/h5-7,11H,1-4H2. The summed E-state index contributed by atoms with van der Waals surface area (Å²) in [4.78, 5) is 8.32. The Morgan fingerprint density at radius 2 is 2.08 bits per heavy atom. The first kappa shape index (κ1) is 8.91. The fraction of sp³-hybridized carbons (Fsp3) is 0.556. The van der Waals surface area contributed by atoms with Crippen molar-refractivity contribution in [3.05, 3.63) is 23.2 Å². The van der Waals surface area contributed by atoms with E-state index in [1.165, 1.54) is 0 Å². The largest absolute Gasteiger partial charge is 0.317 e. The Balaban J connectivity index is 2.14. The maximum absolute atomic E-state index is 5.77. The quantitative estimate of drug-likeness (QED) is 0.743. The van der Waals surface area contributed by atoms with Crippen LogP contribution in [0.1, 0.15) is 24.5 Å². The molecule has 0 unspecified atom stereocenters. The maximum atomic E-state index is 5.77. The molecule has 2 heterocycles. The van der Waals surface area contributed by atoms with E-state index in [-0.39, 0.29) is 0 Å². The van der Waals surface area contributed by atoms with Gasteiger partial charge < -0.3 is 5.32 Å². The van der Waals surface area contributed by atoms with Crippen LogP contribution in [0.25, 0.3) is 0 Å². The molecule has 0 aliphatic carbocycles. The predicted octanol–water partition coefficient (Wildman–Crippen LogP) is 1.60. The number of nitrogens with zero attached hydrogens (tertiary/aromatic N) is 2. The van der Waals surface area contributed by atoms with E-state index >= 15 is 0 Å². The van der Waals surface area contributed by atoms with Crippen molar-refractivity contribution in [3.63, 3.8) is 0 Å². The Morgan fingerprint density at radius 1 is 1.31 bits per heavy atom. The molecular weight excluding hydrogens is 186 g/mol. The second kappa shape index (κ2) is 4.03. The van der Waals surface area contributed by atoms with E-state index in [2.05, 4.69) is 15.3 Å². The zero-order valence-corrected chi connectivity index (χ0v) is 8.09. The second-order valence-electron chi connectivity index (χ2n) is 3.29. The minimum Gasteiger partial charge on any atom is -0.317 e. The summed E-state index contributed by atoms with van der Waals surface area (Å²) in [6, 6.07) is 0. The molecule has 0 spiro atoms. The molecule has 0 aromatic carbocycles. The lowest BCUT2D eigenvalue weighted by Gasteiger charge is -2.21. The summed E-state index contributed by atoms with van der Waals surface area (Å²) in [5.41, 5.74) is 1.04. The van der Waals surface area contributed by atoms with Crippen molar-refractivity contribution in [2.45, 2.75) is 18.8 Å². The van der Waals surface area contributed by atoms with Crippen LogP contribution in [0.3, 0.4) is 0 Å². The smallest absolute Gasteiger partial charge is 0.147 e. The summed E-state index contributed by atoms with van der Waals surface area (Å²) >= 11 is 5.77. The normalized spacial score (nSPS) is 18.8. The Hall–Kier alpha value is -0.670. The van der Waals surface area contributed by atoms with Crippen molar-refractivity contribution >= 4 is 11.6 Å². The SMILES string of the molecule is Clc1cncc(C2CCNCC2)n1. The second-order valence-corrected chi connectivity index (χ2v) is 3.68. The fourth-order valence-corrected chi connectivity index (χ4v) is 1.82. The average molecular weight is 198 g/mol. The predicted molar refractivity (Wildman–Crippen MR) is 51.9 cm³/mol. The number of aromatic nitrogens is 2. The van der Waals surface area contributed by atoms with E-state index in [0.717, 1.165) is 31.6 Å². The van der Waals surface area contributed by atoms with E-state index in [0.29, 0.717) is 11.1 Å². The highest BCUT2D eigenvalue weighted by atomic mass is 35.5. The van der Waals surface area contributed by atoms with Crippen molar-refractivity contribution in [1.29, 1.82) is 0 Å². The average Bonchev–Trinajstić information content (AvgIpc) is 2.19. The summed E-state index contributed by atoms with van der Waals surface area (Å²) < 4.78 is 0. The molecule has 13 heavy (non-hydrogen) atoms. The van der Waals surface area contributed by atoms with E-state index in [9.17, 15) is 0 Å². The Bertz CT molecular complexity index is 284. The van der Waals surface area contributed by atoms with Crippen LogP contribution in [0.15, 0.2) is 12.4 Å². The van der Waals surface area contributed by atoms with Gasteiger partial charge >= 0.3 is 0 Å². The van der Waals surface area contributed by atoms with Crippen LogP contribution < -0.4 is 5.32 Å². The van der Waals surface area contributed by atoms with Crippen LogP contribution in [-0.2, 0) is 0 Å². The molecule has 0 saturated carbocycles. The van der Waals surface area contributed by atoms with Crippen molar-refractivity contribution in [1.82, 2.24) is 15.3 Å². The van der Waals surface area contributed by atoms with Crippen molar-refractivity contribution in [2.75, 3.05) is 13.1 Å². The molecule has 2 rings (SSSR count). The number of hydrogen-bond acceptors (Lipinski definition) is 3. The third-order valence-corrected chi connectivity index (χ3v) is 2.56. The Morgan fingerprint density at radius 3 is 2.77 bits per heavy atom. The first-order valence-corrected chi connectivity index (χ1v) is 4.92. The van der Waals surface area contributed by atoms with Crippen LogP contribution in [-0.4, -0.2) is 23.1 Å². The molecule has 1 saturated heterocycles. The number of nitrogens with one attached hydrogen (secondary N) is 1. The van der Waals surface area contributed by atoms with Gasteiger partial charge in [0, 0.05) is 12.1 Å². The third-order valence-electron chi connectivity index (χ3n) is 2.38. The lowest BCUT2D eigenvalue weighted by Crippen LogP contribution is -2.27. The van der Waals surface area contributed by atoms with Gasteiger partial charge in [0.15, 0.2) is 0 Å². The number of halogens is 1. The zero-order chi connectivity index (χ0) is 9.10. The minimum atomic E-state index is 0.496. The van der Waals surface area contributed by atoms with E-state index in [1.54, 1.807) is 6.20 Å². The molecule has 1 fully saturated rings. The summed E-state index contributed by atoms with van der Waals surface area (Å²) in [5, 5.41) is 3.81. The van der Waals surface area contributed by atoms with Gasteiger partial charge in [0.25, 0.3) is 0 Å². The monoisotopic (exact) mass is 197 g/mol. The summed E-state index contributed by atoms with van der Waals surface area (Å²) in [5.74, 6) is 0.535. The molecular formula is C9H12ClN3. The molecule has 0 radical (unpaired) electrons. The van der Waals surface area contributed by atoms with Crippen molar-refractivity contribution in [3.8, 4) is 0 Å². The number of rotatable bonds is 1. The van der Waals surface area contributed by atoms with Crippen molar-refractivity contribution < 1.29 is 0 Å². The van der Waals surface area contributed by atoms with Gasteiger partial charge in [-0.1, -0.05) is 11.6 Å². The van der Waals surface area contributed by atoms with E-state index in [4.69, 9.17) is 11.6 Å². The molecule has 0 bridgehead atoms. The molecule has 1 aliphatic heterocycles. The lowest BCUT2D eigenvalue weighted by atomic mass is 9.95. The Labute approximate surface area is 82.5 Å². The zero-order valence-electron chi connectivity index (χ0n) is 7.33. The summed E-state index contributed by atoms with van der Waals surface area (Å²) in [7, 11) is 0. The topological polar surface area (TPSA) is 37.8 Å². The first-order valence-electron chi connectivity index (χ1n) is 4.54. The first-order chi connectivity index (χ1) is 6.36. The van der Waals surface area contributed by atoms with E-state index in [1.807, 2.05) is 6.20 Å². The van der Waals surface area contributed by atoms with Crippen LogP contribution in [0.5, 0.6) is 0 Å². The van der Waals surface area contributed by atoms with Gasteiger partial charge in [-0.2, -0.15) is 0 Å². The van der Waals surface area contributed by atoms with Crippen LogP contribution in [0.2, 0.25) is 5.15 Å². The molecule has 3 nitrogen and oxygen atoms in total. The van der Waals surface area contributed by atoms with Gasteiger partial charge in [0.2, 0.25) is 0 Å². The Kier molecular flexibility index (Phi) is 2.76. The van der Waals surface area contributed by atoms with E-state index < -0.39 is 0 Å². The highest BCUT2D eigenvalue weighted by Crippen LogP contribution is 2.23. The van der Waals surface area contributed by atoms with Gasteiger partial charge in [0.1, 0.15) is 5.15 Å². The lowest BCUT2D eigenvalue weighted by molar-refractivity contribution is 0.452. The number of piperidine rings is 1. The van der Waals surface area contributed by atoms with Crippen molar-refractivity contribution in [2.24, 2.45) is 0 Å². The van der Waals surface area contributed by atoms with Gasteiger partial charge in [-0.05, 0) is 25.9 Å². The summed E-state index contributed by atoms with van der Waals surface area (Å²) in [6.07, 6.45) is 5.66. The molecule has 1 aromatic rings.